The van der Waals surface area contributed by atoms with E-state index in [1.807, 2.05) is 0 Å². The highest BCUT2D eigenvalue weighted by Gasteiger charge is 2.40. The lowest BCUT2D eigenvalue weighted by Crippen LogP contribution is -2.58. The van der Waals surface area contributed by atoms with Crippen LogP contribution in [-0.4, -0.2) is 123 Å². The molecule has 17 heteroatoms. The van der Waals surface area contributed by atoms with Gasteiger partial charge in [0.2, 0.25) is 29.5 Å². The van der Waals surface area contributed by atoms with Gasteiger partial charge < -0.3 is 53.0 Å². The second-order valence-electron chi connectivity index (χ2n) is 12.5. The monoisotopic (exact) mass is 676 g/mol. The summed E-state index contributed by atoms with van der Waals surface area (Å²) >= 11 is 0. The van der Waals surface area contributed by atoms with Gasteiger partial charge in [0, 0.05) is 25.7 Å². The van der Waals surface area contributed by atoms with Crippen molar-refractivity contribution in [2.45, 2.75) is 114 Å². The van der Waals surface area contributed by atoms with Crippen molar-refractivity contribution in [2.24, 2.45) is 17.2 Å². The number of aromatic amines is 1. The predicted octanol–water partition coefficient (Wildman–Crippen LogP) is -1.92. The minimum Gasteiger partial charge on any atom is -0.480 e. The first-order valence-corrected chi connectivity index (χ1v) is 16.9. The number of H-pyrrole nitrogens is 1. The lowest BCUT2D eigenvalue weighted by atomic mass is 10.0. The van der Waals surface area contributed by atoms with Gasteiger partial charge in [-0.15, -0.1) is 0 Å². The largest absolute Gasteiger partial charge is 0.480 e. The van der Waals surface area contributed by atoms with Gasteiger partial charge in [0.1, 0.15) is 30.2 Å². The standard InChI is InChI=1S/C31H52N10O7/c1-19(29(45)41-15-7-11-25(41)31(47)48)37-27(43)22(8-2-4-12-32)38-28(44)24-10-6-14-40(24)30(46)23(9-3-5-13-33)39-26(42)21(34)16-20-17-35-18-36-20/h17-19,21-25H,2-16,32-34H2,1H3,(H,35,36)(H,37,43)(H,38,44)(H,39,42)(H,47,48)/t19-,21-,22-,23-,24-,25-/m0/s1. The van der Waals surface area contributed by atoms with Gasteiger partial charge in [0.15, 0.2) is 0 Å². The number of hydrogen-bond acceptors (Lipinski definition) is 10. The maximum atomic E-state index is 13.8. The van der Waals surface area contributed by atoms with Crippen LogP contribution in [0.25, 0.3) is 0 Å². The topological polar surface area (TPSA) is 272 Å². The van der Waals surface area contributed by atoms with Gasteiger partial charge >= 0.3 is 5.97 Å². The molecule has 17 nitrogen and oxygen atoms in total. The molecule has 3 rings (SSSR count). The molecule has 48 heavy (non-hydrogen) atoms. The minimum atomic E-state index is -1.10. The fraction of sp³-hybridized carbons (Fsp3) is 0.710. The summed E-state index contributed by atoms with van der Waals surface area (Å²) in [6.07, 6.45) is 7.94. The van der Waals surface area contributed by atoms with Crippen molar-refractivity contribution in [1.29, 1.82) is 0 Å². The number of imidazole rings is 1. The Morgan fingerprint density at radius 2 is 1.48 bits per heavy atom. The number of nitrogens with two attached hydrogens (primary N) is 3. The molecular weight excluding hydrogens is 624 g/mol. The second kappa shape index (κ2) is 19.0. The Kier molecular flexibility index (Phi) is 15.2. The number of carbonyl (C=O) groups is 6. The minimum absolute atomic E-state index is 0.170. The third-order valence-electron chi connectivity index (χ3n) is 8.85. The highest BCUT2D eigenvalue weighted by Crippen LogP contribution is 2.21. The lowest BCUT2D eigenvalue weighted by molar-refractivity contribution is -0.149. The van der Waals surface area contributed by atoms with Crippen molar-refractivity contribution in [2.75, 3.05) is 26.2 Å². The van der Waals surface area contributed by atoms with E-state index in [0.717, 1.165) is 0 Å². The zero-order chi connectivity index (χ0) is 35.2. The molecule has 2 aliphatic rings. The summed E-state index contributed by atoms with van der Waals surface area (Å²) in [6.45, 7) is 2.85. The van der Waals surface area contributed by atoms with E-state index in [2.05, 4.69) is 25.9 Å². The van der Waals surface area contributed by atoms with Gasteiger partial charge in [-0.3, -0.25) is 24.0 Å². The van der Waals surface area contributed by atoms with Crippen molar-refractivity contribution in [3.63, 3.8) is 0 Å². The number of carboxylic acids is 1. The van der Waals surface area contributed by atoms with Crippen LogP contribution in [0.5, 0.6) is 0 Å². The van der Waals surface area contributed by atoms with Crippen LogP contribution in [0.4, 0.5) is 0 Å². The maximum absolute atomic E-state index is 13.8. The Balaban J connectivity index is 1.68. The van der Waals surface area contributed by atoms with E-state index >= 15 is 0 Å². The fourth-order valence-electron chi connectivity index (χ4n) is 6.19. The summed E-state index contributed by atoms with van der Waals surface area (Å²) in [7, 11) is 0. The molecule has 2 saturated heterocycles. The van der Waals surface area contributed by atoms with Crippen LogP contribution in [0.3, 0.4) is 0 Å². The molecule has 0 bridgehead atoms. The number of unbranched alkanes of at least 4 members (excludes halogenated alkanes) is 2. The van der Waals surface area contributed by atoms with Crippen LogP contribution in [0.1, 0.15) is 76.8 Å². The Morgan fingerprint density at radius 1 is 0.875 bits per heavy atom. The zero-order valence-electron chi connectivity index (χ0n) is 27.7. The average Bonchev–Trinajstić information content (AvgIpc) is 3.85. The number of likely N-dealkylation sites (tertiary alicyclic amines) is 2. The normalized spacial score (nSPS) is 20.1. The molecule has 0 saturated carbocycles. The quantitative estimate of drug-likeness (QED) is 0.0748. The van der Waals surface area contributed by atoms with E-state index in [1.165, 1.54) is 23.1 Å². The molecule has 5 amide bonds. The van der Waals surface area contributed by atoms with Crippen molar-refractivity contribution < 1.29 is 33.9 Å². The first-order chi connectivity index (χ1) is 23.0. The van der Waals surface area contributed by atoms with E-state index in [9.17, 15) is 33.9 Å². The van der Waals surface area contributed by atoms with Gasteiger partial charge in [0.05, 0.1) is 18.1 Å². The molecule has 0 unspecified atom stereocenters. The van der Waals surface area contributed by atoms with Crippen LogP contribution in [0.15, 0.2) is 12.5 Å². The van der Waals surface area contributed by atoms with E-state index in [1.54, 1.807) is 6.20 Å². The third kappa shape index (κ3) is 10.7. The number of nitrogens with zero attached hydrogens (tertiary/aromatic N) is 3. The zero-order valence-corrected chi connectivity index (χ0v) is 27.7. The van der Waals surface area contributed by atoms with E-state index in [0.29, 0.717) is 76.6 Å². The van der Waals surface area contributed by atoms with Gasteiger partial charge in [0.25, 0.3) is 0 Å². The molecule has 0 aromatic carbocycles. The summed E-state index contributed by atoms with van der Waals surface area (Å²) < 4.78 is 0. The summed E-state index contributed by atoms with van der Waals surface area (Å²) in [5.74, 6) is -3.68. The Morgan fingerprint density at radius 3 is 2.06 bits per heavy atom. The third-order valence-corrected chi connectivity index (χ3v) is 8.85. The molecule has 11 N–H and O–H groups in total. The highest BCUT2D eigenvalue weighted by molar-refractivity contribution is 5.96. The van der Waals surface area contributed by atoms with Crippen LogP contribution in [0, 0.1) is 0 Å². The van der Waals surface area contributed by atoms with E-state index in [4.69, 9.17) is 17.2 Å². The number of hydrogen-bond donors (Lipinski definition) is 8. The number of rotatable bonds is 19. The summed E-state index contributed by atoms with van der Waals surface area (Å²) in [5.41, 5.74) is 18.0. The maximum Gasteiger partial charge on any atom is 0.326 e. The number of aliphatic carboxylic acids is 1. The van der Waals surface area contributed by atoms with Gasteiger partial charge in [-0.2, -0.15) is 0 Å². The lowest BCUT2D eigenvalue weighted by Gasteiger charge is -2.31. The molecule has 1 aromatic rings. The summed E-state index contributed by atoms with van der Waals surface area (Å²) in [6, 6.07) is -5.75. The molecular formula is C31H52N10O7. The van der Waals surface area contributed by atoms with Gasteiger partial charge in [-0.1, -0.05) is 0 Å². The first-order valence-electron chi connectivity index (χ1n) is 16.9. The van der Waals surface area contributed by atoms with Gasteiger partial charge in [-0.05, 0) is 84.2 Å². The first kappa shape index (κ1) is 38.4. The van der Waals surface area contributed by atoms with Crippen LogP contribution < -0.4 is 33.2 Å². The Hall–Kier alpha value is -4.09. The molecule has 3 heterocycles. The molecule has 268 valence electrons. The van der Waals surface area contributed by atoms with Crippen molar-refractivity contribution in [3.05, 3.63) is 18.2 Å². The summed E-state index contributed by atoms with van der Waals surface area (Å²) in [4.78, 5) is 88.1. The van der Waals surface area contributed by atoms with Gasteiger partial charge in [-0.25, -0.2) is 9.78 Å². The number of aromatic nitrogens is 2. The molecule has 0 aliphatic carbocycles. The SMILES string of the molecule is C[C@H](NC(=O)[C@H](CCCCN)NC(=O)[C@@H]1CCCN1C(=O)[C@H](CCCCN)NC(=O)[C@@H](N)Cc1c[nH]cn1)C(=O)N1CCC[C@H]1C(=O)O. The van der Waals surface area contributed by atoms with Crippen molar-refractivity contribution in [1.82, 2.24) is 35.7 Å². The fourth-order valence-corrected chi connectivity index (χ4v) is 6.19. The van der Waals surface area contributed by atoms with Crippen LogP contribution in [0.2, 0.25) is 0 Å². The average molecular weight is 677 g/mol. The molecule has 0 spiro atoms. The molecule has 2 aliphatic heterocycles. The second-order valence-corrected chi connectivity index (χ2v) is 12.5. The predicted molar refractivity (Wildman–Crippen MR) is 175 cm³/mol. The van der Waals surface area contributed by atoms with Crippen molar-refractivity contribution >= 4 is 35.5 Å². The number of nitrogens with one attached hydrogen (secondary N) is 4. The Labute approximate surface area is 280 Å². The molecule has 2 fully saturated rings. The van der Waals surface area contributed by atoms with E-state index in [-0.39, 0.29) is 25.9 Å². The van der Waals surface area contributed by atoms with E-state index < -0.39 is 71.8 Å². The number of carboxylic acid groups (broad SMARTS) is 1. The molecule has 0 radical (unpaired) electrons. The van der Waals surface area contributed by atoms with Crippen LogP contribution >= 0.6 is 0 Å². The van der Waals surface area contributed by atoms with Crippen molar-refractivity contribution in [3.8, 4) is 0 Å². The van der Waals surface area contributed by atoms with Crippen LogP contribution in [-0.2, 0) is 35.2 Å². The molecule has 6 atom stereocenters. The smallest absolute Gasteiger partial charge is 0.326 e. The molecule has 1 aromatic heterocycles. The summed E-state index contributed by atoms with van der Waals surface area (Å²) in [5, 5.41) is 17.7. The highest BCUT2D eigenvalue weighted by atomic mass is 16.4. The Bertz CT molecular complexity index is 1250. The number of carbonyl (C=O) groups excluding carboxylic acids is 5. The number of amides is 5.